The van der Waals surface area contributed by atoms with Crippen LogP contribution in [0.2, 0.25) is 0 Å². The molecule has 0 heterocycles. The van der Waals surface area contributed by atoms with Crippen molar-refractivity contribution < 1.29 is 0 Å². The molecule has 0 aliphatic carbocycles. The second-order valence-corrected chi connectivity index (χ2v) is 7.20. The van der Waals surface area contributed by atoms with Crippen LogP contribution in [0.1, 0.15) is 67.2 Å². The monoisotopic (exact) mass is 256 g/mol. The Labute approximate surface area is 116 Å². The zero-order chi connectivity index (χ0) is 14.2. The highest BCUT2D eigenvalue weighted by Gasteiger charge is 2.10. The molecule has 0 aliphatic rings. The maximum absolute atomic E-state index is 3.55. The lowest BCUT2D eigenvalue weighted by molar-refractivity contribution is 0.223. The maximum Gasteiger partial charge on any atom is 0.00965 e. The molecule has 0 rings (SSSR count). The van der Waals surface area contributed by atoms with Crippen molar-refractivity contribution in [3.63, 3.8) is 0 Å². The highest BCUT2D eigenvalue weighted by Crippen LogP contribution is 2.10. The standard InChI is InChI=1S/C16H36N2/c1-14(2)13-15(3)18(7)12-10-8-9-11-17-16(4,5)6/h14-15,17H,8-13H2,1-7H3. The normalized spacial score (nSPS) is 14.5. The molecule has 2 heteroatoms. The fourth-order valence-electron chi connectivity index (χ4n) is 2.21. The Kier molecular flexibility index (Phi) is 8.89. The van der Waals surface area contributed by atoms with E-state index in [1.54, 1.807) is 0 Å². The van der Waals surface area contributed by atoms with Gasteiger partial charge in [-0.3, -0.25) is 0 Å². The Hall–Kier alpha value is -0.0800. The largest absolute Gasteiger partial charge is 0.312 e. The number of nitrogens with one attached hydrogen (secondary N) is 1. The van der Waals surface area contributed by atoms with Crippen molar-refractivity contribution in [2.24, 2.45) is 5.92 Å². The molecule has 18 heavy (non-hydrogen) atoms. The summed E-state index contributed by atoms with van der Waals surface area (Å²) < 4.78 is 0. The van der Waals surface area contributed by atoms with Crippen LogP contribution in [0.5, 0.6) is 0 Å². The molecule has 0 aromatic heterocycles. The molecule has 0 spiro atoms. The highest BCUT2D eigenvalue weighted by molar-refractivity contribution is 4.70. The minimum atomic E-state index is 0.266. The van der Waals surface area contributed by atoms with E-state index in [9.17, 15) is 0 Å². The summed E-state index contributed by atoms with van der Waals surface area (Å²) in [4.78, 5) is 2.51. The van der Waals surface area contributed by atoms with Crippen LogP contribution in [0, 0.1) is 5.92 Å². The van der Waals surface area contributed by atoms with E-state index in [1.807, 2.05) is 0 Å². The number of unbranched alkanes of at least 4 members (excludes halogenated alkanes) is 2. The lowest BCUT2D eigenvalue weighted by atomic mass is 10.0. The number of rotatable bonds is 9. The molecule has 0 aliphatic heterocycles. The SMILES string of the molecule is CC(C)CC(C)N(C)CCCCCNC(C)(C)C. The van der Waals surface area contributed by atoms with Crippen molar-refractivity contribution in [3.8, 4) is 0 Å². The zero-order valence-electron chi connectivity index (χ0n) is 13.8. The van der Waals surface area contributed by atoms with Crippen LogP contribution in [0.4, 0.5) is 0 Å². The van der Waals surface area contributed by atoms with Gasteiger partial charge in [0.2, 0.25) is 0 Å². The predicted octanol–water partition coefficient (Wildman–Crippen LogP) is 3.91. The summed E-state index contributed by atoms with van der Waals surface area (Å²) in [5, 5.41) is 3.55. The first-order valence-electron chi connectivity index (χ1n) is 7.67. The summed E-state index contributed by atoms with van der Waals surface area (Å²) >= 11 is 0. The Morgan fingerprint density at radius 3 is 2.11 bits per heavy atom. The van der Waals surface area contributed by atoms with Crippen molar-refractivity contribution in [2.75, 3.05) is 20.1 Å². The molecule has 1 atom stereocenters. The summed E-state index contributed by atoms with van der Waals surface area (Å²) in [7, 11) is 2.26. The molecule has 0 saturated carbocycles. The maximum atomic E-state index is 3.55. The second-order valence-electron chi connectivity index (χ2n) is 7.20. The highest BCUT2D eigenvalue weighted by atomic mass is 15.1. The predicted molar refractivity (Wildman–Crippen MR) is 83.2 cm³/mol. The van der Waals surface area contributed by atoms with E-state index in [1.165, 1.54) is 32.2 Å². The van der Waals surface area contributed by atoms with Gasteiger partial charge in [0.25, 0.3) is 0 Å². The average Bonchev–Trinajstić information content (AvgIpc) is 2.20. The van der Waals surface area contributed by atoms with E-state index < -0.39 is 0 Å². The third kappa shape index (κ3) is 11.0. The molecule has 0 fully saturated rings. The lowest BCUT2D eigenvalue weighted by Gasteiger charge is -2.26. The molecule has 0 radical (unpaired) electrons. The zero-order valence-corrected chi connectivity index (χ0v) is 13.8. The Morgan fingerprint density at radius 1 is 1.00 bits per heavy atom. The smallest absolute Gasteiger partial charge is 0.00965 e. The van der Waals surface area contributed by atoms with E-state index in [-0.39, 0.29) is 5.54 Å². The van der Waals surface area contributed by atoms with E-state index in [2.05, 4.69) is 58.8 Å². The number of hydrogen-bond acceptors (Lipinski definition) is 2. The number of hydrogen-bond donors (Lipinski definition) is 1. The van der Waals surface area contributed by atoms with Gasteiger partial charge in [-0.1, -0.05) is 20.3 Å². The molecule has 0 amide bonds. The first kappa shape index (κ1) is 17.9. The summed E-state index contributed by atoms with van der Waals surface area (Å²) in [5.41, 5.74) is 0.266. The van der Waals surface area contributed by atoms with Crippen LogP contribution in [0.3, 0.4) is 0 Å². The molecule has 110 valence electrons. The molecule has 0 bridgehead atoms. The van der Waals surface area contributed by atoms with Crippen LogP contribution >= 0.6 is 0 Å². The van der Waals surface area contributed by atoms with Gasteiger partial charge >= 0.3 is 0 Å². The Bertz CT molecular complexity index is 194. The third-order valence-corrected chi connectivity index (χ3v) is 3.41. The van der Waals surface area contributed by atoms with Crippen molar-refractivity contribution in [1.82, 2.24) is 10.2 Å². The van der Waals surface area contributed by atoms with Crippen LogP contribution < -0.4 is 5.32 Å². The minimum Gasteiger partial charge on any atom is -0.312 e. The summed E-state index contributed by atoms with van der Waals surface area (Å²) in [5.74, 6) is 0.804. The number of nitrogens with zero attached hydrogens (tertiary/aromatic N) is 1. The molecular formula is C16H36N2. The van der Waals surface area contributed by atoms with Crippen LogP contribution in [-0.4, -0.2) is 36.6 Å². The van der Waals surface area contributed by atoms with Gasteiger partial charge in [-0.25, -0.2) is 0 Å². The fourth-order valence-corrected chi connectivity index (χ4v) is 2.21. The average molecular weight is 256 g/mol. The van der Waals surface area contributed by atoms with E-state index in [0.717, 1.165) is 18.5 Å². The van der Waals surface area contributed by atoms with Crippen molar-refractivity contribution >= 4 is 0 Å². The second kappa shape index (κ2) is 8.92. The molecular weight excluding hydrogens is 220 g/mol. The Balaban J connectivity index is 3.48. The van der Waals surface area contributed by atoms with Gasteiger partial charge in [-0.05, 0) is 73.0 Å². The van der Waals surface area contributed by atoms with Crippen LogP contribution in [0.15, 0.2) is 0 Å². The van der Waals surface area contributed by atoms with Gasteiger partial charge in [0.15, 0.2) is 0 Å². The van der Waals surface area contributed by atoms with E-state index >= 15 is 0 Å². The summed E-state index contributed by atoms with van der Waals surface area (Å²) in [6.45, 7) is 16.0. The molecule has 0 aromatic carbocycles. The lowest BCUT2D eigenvalue weighted by Crippen LogP contribution is -2.36. The molecule has 0 aromatic rings. The van der Waals surface area contributed by atoms with Gasteiger partial charge < -0.3 is 10.2 Å². The van der Waals surface area contributed by atoms with Crippen molar-refractivity contribution in [2.45, 2.75) is 78.8 Å². The van der Waals surface area contributed by atoms with Gasteiger partial charge in [-0.15, -0.1) is 0 Å². The first-order chi connectivity index (χ1) is 8.22. The molecule has 2 nitrogen and oxygen atoms in total. The van der Waals surface area contributed by atoms with Gasteiger partial charge in [-0.2, -0.15) is 0 Å². The molecule has 1 N–H and O–H groups in total. The fraction of sp³-hybridized carbons (Fsp3) is 1.00. The van der Waals surface area contributed by atoms with Gasteiger partial charge in [0.05, 0.1) is 0 Å². The summed E-state index contributed by atoms with van der Waals surface area (Å²) in [6.07, 6.45) is 5.26. The third-order valence-electron chi connectivity index (χ3n) is 3.41. The van der Waals surface area contributed by atoms with Crippen LogP contribution in [0.25, 0.3) is 0 Å². The van der Waals surface area contributed by atoms with Gasteiger partial charge in [0, 0.05) is 11.6 Å². The summed E-state index contributed by atoms with van der Waals surface area (Å²) in [6, 6.07) is 0.720. The molecule has 1 unspecified atom stereocenters. The van der Waals surface area contributed by atoms with E-state index in [4.69, 9.17) is 0 Å². The van der Waals surface area contributed by atoms with Crippen molar-refractivity contribution in [1.29, 1.82) is 0 Å². The minimum absolute atomic E-state index is 0.266. The van der Waals surface area contributed by atoms with E-state index in [0.29, 0.717) is 0 Å². The first-order valence-corrected chi connectivity index (χ1v) is 7.67. The quantitative estimate of drug-likeness (QED) is 0.629. The molecule has 0 saturated heterocycles. The van der Waals surface area contributed by atoms with Crippen molar-refractivity contribution in [3.05, 3.63) is 0 Å². The van der Waals surface area contributed by atoms with Crippen LogP contribution in [-0.2, 0) is 0 Å². The van der Waals surface area contributed by atoms with Gasteiger partial charge in [0.1, 0.15) is 0 Å². The Morgan fingerprint density at radius 2 is 1.61 bits per heavy atom. The topological polar surface area (TPSA) is 15.3 Å².